The molecule has 0 radical (unpaired) electrons. The van der Waals surface area contributed by atoms with Gasteiger partial charge in [0.05, 0.1) is 18.3 Å². The zero-order valence-electron chi connectivity index (χ0n) is 17.6. The summed E-state index contributed by atoms with van der Waals surface area (Å²) in [6.07, 6.45) is 8.33. The number of nitrogens with zero attached hydrogens (tertiary/aromatic N) is 7. The summed E-state index contributed by atoms with van der Waals surface area (Å²) < 4.78 is 8.23. The Morgan fingerprint density at radius 1 is 1.26 bits per heavy atom. The molecule has 0 aromatic carbocycles. The van der Waals surface area contributed by atoms with Crippen LogP contribution in [0.3, 0.4) is 0 Å². The second-order valence-corrected chi connectivity index (χ2v) is 9.22. The lowest BCUT2D eigenvalue weighted by molar-refractivity contribution is -0.131. The standard InChI is InChI=1S/C21H24N8OS/c1-3-28-14(9-16(30)29(12-4-5-12)13-6-7-13)8-15-18-17(23-11-27(18)2)19(25-20(15)28)26-21-22-10-24-31-21/h8,10-13H,3-7,9H2,1-2H3,(H,22,24,25,26). The number of carbonyl (C=O) groups excluding carboxylic acids is 1. The van der Waals surface area contributed by atoms with Gasteiger partial charge >= 0.3 is 0 Å². The first-order valence-electron chi connectivity index (χ1n) is 10.8. The number of aryl methyl sites for hydroxylation is 2. The second kappa shape index (κ2) is 7.01. The predicted molar refractivity (Wildman–Crippen MR) is 119 cm³/mol. The SMILES string of the molecule is CCn1c(CC(=O)N(C2CC2)C2CC2)cc2c3c(ncn3C)c(Nc3ncns3)nc21. The Morgan fingerprint density at radius 3 is 2.68 bits per heavy atom. The second-order valence-electron chi connectivity index (χ2n) is 8.44. The molecule has 0 bridgehead atoms. The molecule has 0 saturated heterocycles. The van der Waals surface area contributed by atoms with Gasteiger partial charge in [0.2, 0.25) is 11.0 Å². The molecule has 0 aliphatic heterocycles. The molecule has 2 saturated carbocycles. The van der Waals surface area contributed by atoms with E-state index in [0.717, 1.165) is 60.0 Å². The molecule has 10 heteroatoms. The summed E-state index contributed by atoms with van der Waals surface area (Å²) in [5.41, 5.74) is 3.66. The van der Waals surface area contributed by atoms with Gasteiger partial charge in [-0.3, -0.25) is 4.79 Å². The normalized spacial score (nSPS) is 16.3. The summed E-state index contributed by atoms with van der Waals surface area (Å²) in [4.78, 5) is 29.1. The van der Waals surface area contributed by atoms with E-state index in [2.05, 4.69) is 42.1 Å². The van der Waals surface area contributed by atoms with Crippen LogP contribution < -0.4 is 5.32 Å². The fourth-order valence-electron chi connectivity index (χ4n) is 4.54. The van der Waals surface area contributed by atoms with Crippen LogP contribution in [-0.2, 0) is 24.8 Å². The molecule has 1 amide bonds. The molecule has 2 aliphatic carbocycles. The predicted octanol–water partition coefficient (Wildman–Crippen LogP) is 3.23. The number of hydrogen-bond donors (Lipinski definition) is 1. The third-order valence-electron chi connectivity index (χ3n) is 6.19. The fourth-order valence-corrected chi connectivity index (χ4v) is 4.97. The summed E-state index contributed by atoms with van der Waals surface area (Å²) in [6, 6.07) is 3.05. The molecule has 160 valence electrons. The lowest BCUT2D eigenvalue weighted by Crippen LogP contribution is -2.36. The smallest absolute Gasteiger partial charge is 0.229 e. The van der Waals surface area contributed by atoms with Crippen LogP contribution >= 0.6 is 11.5 Å². The van der Waals surface area contributed by atoms with E-state index >= 15 is 0 Å². The van der Waals surface area contributed by atoms with Gasteiger partial charge in [-0.1, -0.05) is 0 Å². The maximum absolute atomic E-state index is 13.2. The molecule has 4 heterocycles. The van der Waals surface area contributed by atoms with Crippen LogP contribution in [0.15, 0.2) is 18.7 Å². The number of imidazole rings is 1. The molecule has 0 spiro atoms. The number of pyridine rings is 1. The maximum atomic E-state index is 13.2. The van der Waals surface area contributed by atoms with Crippen LogP contribution in [0, 0.1) is 0 Å². The van der Waals surface area contributed by atoms with Crippen molar-refractivity contribution in [3.63, 3.8) is 0 Å². The average molecular weight is 437 g/mol. The van der Waals surface area contributed by atoms with Gasteiger partial charge in [0, 0.05) is 48.3 Å². The highest BCUT2D eigenvalue weighted by atomic mass is 32.1. The van der Waals surface area contributed by atoms with Crippen molar-refractivity contribution in [2.75, 3.05) is 5.32 Å². The number of carbonyl (C=O) groups is 1. The zero-order valence-corrected chi connectivity index (χ0v) is 18.4. The summed E-state index contributed by atoms with van der Waals surface area (Å²) in [5.74, 6) is 0.902. The van der Waals surface area contributed by atoms with E-state index in [1.165, 1.54) is 17.9 Å². The number of amides is 1. The van der Waals surface area contributed by atoms with E-state index < -0.39 is 0 Å². The molecular weight excluding hydrogens is 412 g/mol. The van der Waals surface area contributed by atoms with Crippen molar-refractivity contribution >= 4 is 50.5 Å². The summed E-state index contributed by atoms with van der Waals surface area (Å²) in [5, 5.41) is 4.96. The number of rotatable bonds is 7. The summed E-state index contributed by atoms with van der Waals surface area (Å²) in [6.45, 7) is 2.84. The Kier molecular flexibility index (Phi) is 4.24. The van der Waals surface area contributed by atoms with Crippen molar-refractivity contribution in [2.45, 2.75) is 57.7 Å². The monoisotopic (exact) mass is 436 g/mol. The number of nitrogens with one attached hydrogen (secondary N) is 1. The van der Waals surface area contributed by atoms with Crippen LogP contribution in [0.1, 0.15) is 38.3 Å². The quantitative estimate of drug-likeness (QED) is 0.478. The first kappa shape index (κ1) is 18.7. The largest absolute Gasteiger partial charge is 0.336 e. The molecule has 4 aromatic heterocycles. The van der Waals surface area contributed by atoms with E-state index in [1.807, 2.05) is 11.6 Å². The van der Waals surface area contributed by atoms with Crippen molar-refractivity contribution < 1.29 is 4.79 Å². The van der Waals surface area contributed by atoms with Crippen molar-refractivity contribution in [1.82, 2.24) is 33.4 Å². The van der Waals surface area contributed by atoms with E-state index in [1.54, 1.807) is 6.33 Å². The molecule has 31 heavy (non-hydrogen) atoms. The summed E-state index contributed by atoms with van der Waals surface area (Å²) >= 11 is 1.28. The highest BCUT2D eigenvalue weighted by Gasteiger charge is 2.42. The van der Waals surface area contributed by atoms with Crippen molar-refractivity contribution in [3.05, 3.63) is 24.4 Å². The van der Waals surface area contributed by atoms with Gasteiger partial charge in [-0.15, -0.1) is 0 Å². The average Bonchev–Trinajstić information content (AvgIpc) is 3.64. The minimum Gasteiger partial charge on any atom is -0.336 e. The Balaban J connectivity index is 1.45. The van der Waals surface area contributed by atoms with Gasteiger partial charge in [0.1, 0.15) is 17.5 Å². The van der Waals surface area contributed by atoms with Crippen LogP contribution in [-0.4, -0.2) is 51.4 Å². The van der Waals surface area contributed by atoms with Gasteiger partial charge in [-0.05, 0) is 38.7 Å². The molecule has 0 atom stereocenters. The maximum Gasteiger partial charge on any atom is 0.229 e. The zero-order chi connectivity index (χ0) is 21.1. The molecule has 6 rings (SSSR count). The molecule has 2 aliphatic rings. The Morgan fingerprint density at radius 2 is 2.03 bits per heavy atom. The number of fused-ring (bicyclic) bond motifs is 3. The van der Waals surface area contributed by atoms with Gasteiger partial charge in [-0.25, -0.2) is 15.0 Å². The van der Waals surface area contributed by atoms with Crippen LogP contribution in [0.25, 0.3) is 22.1 Å². The van der Waals surface area contributed by atoms with E-state index in [4.69, 9.17) is 4.98 Å². The molecule has 1 N–H and O–H groups in total. The molecular formula is C21H24N8OS. The van der Waals surface area contributed by atoms with E-state index in [0.29, 0.717) is 29.5 Å². The minimum absolute atomic E-state index is 0.246. The van der Waals surface area contributed by atoms with Gasteiger partial charge in [-0.2, -0.15) is 4.37 Å². The minimum atomic E-state index is 0.246. The van der Waals surface area contributed by atoms with Crippen LogP contribution in [0.4, 0.5) is 10.9 Å². The fraction of sp³-hybridized carbons (Fsp3) is 0.476. The molecule has 9 nitrogen and oxygen atoms in total. The van der Waals surface area contributed by atoms with Crippen LogP contribution in [0.2, 0.25) is 0 Å². The Hall–Kier alpha value is -3.01. The van der Waals surface area contributed by atoms with Gasteiger partial charge in [0.15, 0.2) is 5.82 Å². The van der Waals surface area contributed by atoms with Crippen molar-refractivity contribution in [3.8, 4) is 0 Å². The molecule has 2 fully saturated rings. The third kappa shape index (κ3) is 3.16. The lowest BCUT2D eigenvalue weighted by atomic mass is 10.2. The lowest BCUT2D eigenvalue weighted by Gasteiger charge is -2.22. The van der Waals surface area contributed by atoms with Crippen molar-refractivity contribution in [2.24, 2.45) is 7.05 Å². The highest BCUT2D eigenvalue weighted by molar-refractivity contribution is 7.09. The number of anilines is 2. The van der Waals surface area contributed by atoms with Gasteiger partial charge < -0.3 is 19.4 Å². The van der Waals surface area contributed by atoms with E-state index in [9.17, 15) is 4.79 Å². The van der Waals surface area contributed by atoms with Crippen LogP contribution in [0.5, 0.6) is 0 Å². The first-order valence-corrected chi connectivity index (χ1v) is 11.6. The summed E-state index contributed by atoms with van der Waals surface area (Å²) in [7, 11) is 1.99. The van der Waals surface area contributed by atoms with Gasteiger partial charge in [0.25, 0.3) is 0 Å². The highest BCUT2D eigenvalue weighted by Crippen LogP contribution is 2.38. The number of aromatic nitrogens is 6. The molecule has 0 unspecified atom stereocenters. The Labute approximate surface area is 183 Å². The van der Waals surface area contributed by atoms with Crippen molar-refractivity contribution in [1.29, 1.82) is 0 Å². The number of hydrogen-bond acceptors (Lipinski definition) is 7. The third-order valence-corrected chi connectivity index (χ3v) is 6.77. The first-order chi connectivity index (χ1) is 15.1. The topological polar surface area (TPSA) is 93.8 Å². The Bertz CT molecular complexity index is 1270. The van der Waals surface area contributed by atoms with E-state index in [-0.39, 0.29) is 5.91 Å². The molecule has 4 aromatic rings.